The van der Waals surface area contributed by atoms with Crippen LogP contribution in [0.3, 0.4) is 0 Å². The van der Waals surface area contributed by atoms with Gasteiger partial charge in [0.25, 0.3) is 0 Å². The van der Waals surface area contributed by atoms with Crippen LogP contribution in [0, 0.1) is 11.6 Å². The van der Waals surface area contributed by atoms with Gasteiger partial charge in [0.1, 0.15) is 0 Å². The number of nitrogens with one attached hydrogen (secondary N) is 2. The molecule has 0 amide bonds. The van der Waals surface area contributed by atoms with Gasteiger partial charge in [-0.25, -0.2) is 19.6 Å². The molecule has 0 bridgehead atoms. The summed E-state index contributed by atoms with van der Waals surface area (Å²) in [5, 5.41) is 3.29. The molecule has 100 valence electrons. The van der Waals surface area contributed by atoms with Crippen LogP contribution in [-0.2, 0) is 6.54 Å². The standard InChI is InChI=1S/C12H11ClF2N4/c13-8-4-2-1-3-7(8)6-17-11-9(14)5-10(15)12(18-11)19-16/h1-5H,6,16H2,(H2,17,18,19). The first-order valence-corrected chi connectivity index (χ1v) is 5.79. The summed E-state index contributed by atoms with van der Waals surface area (Å²) in [6.45, 7) is 0.263. The van der Waals surface area contributed by atoms with Gasteiger partial charge in [0.05, 0.1) is 0 Å². The molecule has 1 aromatic heterocycles. The summed E-state index contributed by atoms with van der Waals surface area (Å²) in [6, 6.07) is 7.82. The molecular formula is C12H11ClF2N4. The van der Waals surface area contributed by atoms with Crippen molar-refractivity contribution in [1.82, 2.24) is 4.98 Å². The van der Waals surface area contributed by atoms with Crippen molar-refractivity contribution in [1.29, 1.82) is 0 Å². The van der Waals surface area contributed by atoms with Crippen LogP contribution < -0.4 is 16.6 Å². The molecule has 19 heavy (non-hydrogen) atoms. The Bertz CT molecular complexity index is 592. The van der Waals surface area contributed by atoms with E-state index in [1.54, 1.807) is 18.2 Å². The second-order valence-electron chi connectivity index (χ2n) is 3.74. The molecule has 0 radical (unpaired) electrons. The van der Waals surface area contributed by atoms with Crippen molar-refractivity contribution in [3.8, 4) is 0 Å². The first kappa shape index (κ1) is 13.5. The predicted molar refractivity (Wildman–Crippen MR) is 70.7 cm³/mol. The molecule has 2 rings (SSSR count). The second-order valence-corrected chi connectivity index (χ2v) is 4.15. The Labute approximate surface area is 113 Å². The number of halogens is 3. The molecule has 0 aliphatic rings. The molecule has 2 aromatic rings. The van der Waals surface area contributed by atoms with Crippen LogP contribution in [0.1, 0.15) is 5.56 Å². The SMILES string of the molecule is NNc1nc(NCc2ccccc2Cl)c(F)cc1F. The molecule has 1 aromatic carbocycles. The number of pyridine rings is 1. The molecule has 0 saturated heterocycles. The highest BCUT2D eigenvalue weighted by molar-refractivity contribution is 6.31. The van der Waals surface area contributed by atoms with E-state index in [-0.39, 0.29) is 18.2 Å². The number of hydrogen-bond donors (Lipinski definition) is 3. The van der Waals surface area contributed by atoms with Gasteiger partial charge in [0.15, 0.2) is 23.3 Å². The lowest BCUT2D eigenvalue weighted by Gasteiger charge is -2.10. The average molecular weight is 285 g/mol. The van der Waals surface area contributed by atoms with E-state index in [1.165, 1.54) is 0 Å². The normalized spacial score (nSPS) is 10.3. The summed E-state index contributed by atoms with van der Waals surface area (Å²) in [7, 11) is 0. The summed E-state index contributed by atoms with van der Waals surface area (Å²) in [5.41, 5.74) is 2.83. The molecule has 0 unspecified atom stereocenters. The van der Waals surface area contributed by atoms with E-state index in [0.29, 0.717) is 11.1 Å². The Balaban J connectivity index is 2.18. The van der Waals surface area contributed by atoms with Gasteiger partial charge < -0.3 is 10.7 Å². The highest BCUT2D eigenvalue weighted by atomic mass is 35.5. The molecule has 0 aliphatic heterocycles. The average Bonchev–Trinajstić information content (AvgIpc) is 2.39. The number of nitrogens with two attached hydrogens (primary N) is 1. The van der Waals surface area contributed by atoms with Crippen molar-refractivity contribution in [2.45, 2.75) is 6.54 Å². The zero-order valence-corrected chi connectivity index (χ0v) is 10.5. The number of hydrazine groups is 1. The monoisotopic (exact) mass is 284 g/mol. The van der Waals surface area contributed by atoms with E-state index in [0.717, 1.165) is 5.56 Å². The molecule has 4 N–H and O–H groups in total. The Morgan fingerprint density at radius 1 is 1.16 bits per heavy atom. The predicted octanol–water partition coefficient (Wildman–Crippen LogP) is 2.91. The van der Waals surface area contributed by atoms with Crippen molar-refractivity contribution < 1.29 is 8.78 Å². The van der Waals surface area contributed by atoms with E-state index in [4.69, 9.17) is 17.4 Å². The van der Waals surface area contributed by atoms with E-state index in [9.17, 15) is 8.78 Å². The van der Waals surface area contributed by atoms with Crippen molar-refractivity contribution in [3.05, 3.63) is 52.6 Å². The largest absolute Gasteiger partial charge is 0.363 e. The molecular weight excluding hydrogens is 274 g/mol. The molecule has 0 atom stereocenters. The molecule has 0 saturated carbocycles. The number of nitrogens with zero attached hydrogens (tertiary/aromatic N) is 1. The number of rotatable bonds is 4. The van der Waals surface area contributed by atoms with Crippen LogP contribution in [-0.4, -0.2) is 4.98 Å². The van der Waals surface area contributed by atoms with Crippen molar-refractivity contribution in [2.24, 2.45) is 5.84 Å². The summed E-state index contributed by atoms with van der Waals surface area (Å²) < 4.78 is 26.7. The van der Waals surface area contributed by atoms with Gasteiger partial charge in [-0.1, -0.05) is 29.8 Å². The Hall–Kier alpha value is -1.92. The van der Waals surface area contributed by atoms with Crippen molar-refractivity contribution >= 4 is 23.2 Å². The summed E-state index contributed by atoms with van der Waals surface area (Å²) in [6.07, 6.45) is 0. The lowest BCUT2D eigenvalue weighted by molar-refractivity contribution is 0.578. The lowest BCUT2D eigenvalue weighted by Crippen LogP contribution is -2.13. The van der Waals surface area contributed by atoms with Gasteiger partial charge >= 0.3 is 0 Å². The smallest absolute Gasteiger partial charge is 0.178 e. The van der Waals surface area contributed by atoms with Gasteiger partial charge in [-0.05, 0) is 11.6 Å². The number of benzene rings is 1. The number of hydrogen-bond acceptors (Lipinski definition) is 4. The molecule has 1 heterocycles. The molecule has 0 aliphatic carbocycles. The van der Waals surface area contributed by atoms with E-state index >= 15 is 0 Å². The van der Waals surface area contributed by atoms with Gasteiger partial charge in [-0.15, -0.1) is 0 Å². The zero-order valence-electron chi connectivity index (χ0n) is 9.75. The second kappa shape index (κ2) is 5.81. The maximum absolute atomic E-state index is 13.5. The van der Waals surface area contributed by atoms with Crippen molar-refractivity contribution in [3.63, 3.8) is 0 Å². The van der Waals surface area contributed by atoms with E-state index < -0.39 is 11.6 Å². The fourth-order valence-corrected chi connectivity index (χ4v) is 1.72. The summed E-state index contributed by atoms with van der Waals surface area (Å²) >= 11 is 5.97. The minimum Gasteiger partial charge on any atom is -0.363 e. The molecule has 4 nitrogen and oxygen atoms in total. The van der Waals surface area contributed by atoms with Crippen LogP contribution in [0.5, 0.6) is 0 Å². The van der Waals surface area contributed by atoms with Crippen LogP contribution >= 0.6 is 11.6 Å². The van der Waals surface area contributed by atoms with Gasteiger partial charge in [-0.3, -0.25) is 0 Å². The maximum Gasteiger partial charge on any atom is 0.178 e. The van der Waals surface area contributed by atoms with Crippen LogP contribution in [0.2, 0.25) is 5.02 Å². The highest BCUT2D eigenvalue weighted by Gasteiger charge is 2.11. The van der Waals surface area contributed by atoms with E-state index in [1.807, 2.05) is 6.07 Å². The summed E-state index contributed by atoms with van der Waals surface area (Å²) in [4.78, 5) is 3.69. The third kappa shape index (κ3) is 3.10. The third-order valence-corrected chi connectivity index (χ3v) is 2.84. The van der Waals surface area contributed by atoms with E-state index in [2.05, 4.69) is 15.7 Å². The number of nitrogen functional groups attached to an aromatic ring is 1. The summed E-state index contributed by atoms with van der Waals surface area (Å²) in [5.74, 6) is 3.08. The van der Waals surface area contributed by atoms with Crippen LogP contribution in [0.15, 0.2) is 30.3 Å². The Morgan fingerprint density at radius 2 is 1.84 bits per heavy atom. The van der Waals surface area contributed by atoms with Gasteiger partial charge in [0.2, 0.25) is 0 Å². The van der Waals surface area contributed by atoms with Gasteiger partial charge in [-0.2, -0.15) is 0 Å². The topological polar surface area (TPSA) is 63.0 Å². The molecule has 0 spiro atoms. The first-order chi connectivity index (χ1) is 9.11. The lowest BCUT2D eigenvalue weighted by atomic mass is 10.2. The Kier molecular flexibility index (Phi) is 4.13. The minimum absolute atomic E-state index is 0.103. The third-order valence-electron chi connectivity index (χ3n) is 2.47. The maximum atomic E-state index is 13.5. The number of anilines is 2. The first-order valence-electron chi connectivity index (χ1n) is 5.41. The zero-order chi connectivity index (χ0) is 13.8. The Morgan fingerprint density at radius 3 is 2.53 bits per heavy atom. The van der Waals surface area contributed by atoms with Crippen LogP contribution in [0.25, 0.3) is 0 Å². The quantitative estimate of drug-likeness (QED) is 0.597. The van der Waals surface area contributed by atoms with Crippen LogP contribution in [0.4, 0.5) is 20.4 Å². The fraction of sp³-hybridized carbons (Fsp3) is 0.0833. The highest BCUT2D eigenvalue weighted by Crippen LogP contribution is 2.20. The van der Waals surface area contributed by atoms with Gasteiger partial charge in [0, 0.05) is 17.6 Å². The van der Waals surface area contributed by atoms with Crippen molar-refractivity contribution in [2.75, 3.05) is 10.7 Å². The minimum atomic E-state index is -0.858. The molecule has 7 heteroatoms. The fourth-order valence-electron chi connectivity index (χ4n) is 1.51. The molecule has 0 fully saturated rings. The number of aromatic nitrogens is 1.